The maximum Gasteiger partial charge on any atom is 0.407 e. The van der Waals surface area contributed by atoms with Gasteiger partial charge in [0.15, 0.2) is 17.9 Å². The van der Waals surface area contributed by atoms with Crippen LogP contribution >= 0.6 is 0 Å². The second kappa shape index (κ2) is 27.3. The van der Waals surface area contributed by atoms with Crippen molar-refractivity contribution in [3.05, 3.63) is 11.6 Å². The third-order valence-corrected chi connectivity index (χ3v) is 16.2. The Morgan fingerprint density at radius 1 is 0.671 bits per heavy atom. The van der Waals surface area contributed by atoms with Gasteiger partial charge in [-0.15, -0.1) is 0 Å². The Kier molecular flexibility index (Phi) is 22.4. The summed E-state index contributed by atoms with van der Waals surface area (Å²) >= 11 is 0. The highest BCUT2D eigenvalue weighted by Crippen LogP contribution is 2.67. The number of nitrogens with one attached hydrogen (secondary N) is 4. The summed E-state index contributed by atoms with van der Waals surface area (Å²) in [5, 5.41) is 10.9. The van der Waals surface area contributed by atoms with Crippen LogP contribution in [0.4, 0.5) is 4.79 Å². The van der Waals surface area contributed by atoms with E-state index in [1.807, 2.05) is 0 Å². The Labute approximate surface area is 416 Å². The Hall–Kier alpha value is -5.30. The van der Waals surface area contributed by atoms with Crippen molar-refractivity contribution in [1.29, 1.82) is 0 Å². The van der Waals surface area contributed by atoms with Crippen molar-refractivity contribution >= 4 is 47.6 Å². The highest BCUT2D eigenvalue weighted by Gasteiger charge is 2.59. The summed E-state index contributed by atoms with van der Waals surface area (Å²) < 4.78 is 5.98. The van der Waals surface area contributed by atoms with Crippen LogP contribution in [-0.4, -0.2) is 98.0 Å². The maximum absolute atomic E-state index is 13.8. The number of carbonyl (C=O) groups excluding carboxylic acids is 5. The van der Waals surface area contributed by atoms with E-state index in [2.05, 4.69) is 76.9 Å². The van der Waals surface area contributed by atoms with Crippen LogP contribution in [0.25, 0.3) is 0 Å². The number of alkyl carbamates (subject to hydrolysis) is 1. The molecule has 0 saturated heterocycles. The summed E-state index contributed by atoms with van der Waals surface area (Å²) in [6.07, 6.45) is 16.4. The molecule has 4 rings (SSSR count). The van der Waals surface area contributed by atoms with Crippen LogP contribution in [0.3, 0.4) is 0 Å². The highest BCUT2D eigenvalue weighted by atomic mass is 16.6. The molecular formula is C50H90N14O6. The highest BCUT2D eigenvalue weighted by molar-refractivity contribution is 5.94. The number of nitrogens with two attached hydrogens (primary N) is 7. The molecule has 0 aromatic heterocycles. The van der Waals surface area contributed by atoms with Crippen LogP contribution in [0, 0.1) is 46.3 Å². The first-order valence-corrected chi connectivity index (χ1v) is 26.1. The van der Waals surface area contributed by atoms with Crippen molar-refractivity contribution in [2.24, 2.45) is 101 Å². The molecule has 0 aliphatic heterocycles. The molecule has 0 bridgehead atoms. The molecule has 20 heteroatoms. The van der Waals surface area contributed by atoms with E-state index in [-0.39, 0.29) is 94.1 Å². The van der Waals surface area contributed by atoms with E-state index in [4.69, 9.17) is 44.9 Å². The summed E-state index contributed by atoms with van der Waals surface area (Å²) in [7, 11) is 0. The second-order valence-corrected chi connectivity index (χ2v) is 21.6. The van der Waals surface area contributed by atoms with Crippen LogP contribution in [0.15, 0.2) is 26.6 Å². The van der Waals surface area contributed by atoms with E-state index in [1.165, 1.54) is 50.5 Å². The molecule has 0 unspecified atom stereocenters. The van der Waals surface area contributed by atoms with Gasteiger partial charge in [0.05, 0.1) is 0 Å². The van der Waals surface area contributed by atoms with Crippen molar-refractivity contribution in [3.8, 4) is 0 Å². The number of ether oxygens (including phenoxy) is 1. The largest absolute Gasteiger partial charge is 0.446 e. The fourth-order valence-electron chi connectivity index (χ4n) is 12.5. The van der Waals surface area contributed by atoms with Gasteiger partial charge in [0.25, 0.3) is 0 Å². The third-order valence-electron chi connectivity index (χ3n) is 16.2. The van der Waals surface area contributed by atoms with Crippen LogP contribution in [-0.2, 0) is 23.9 Å². The molecule has 0 radical (unpaired) electrons. The lowest BCUT2D eigenvalue weighted by Gasteiger charge is -2.58. The van der Waals surface area contributed by atoms with E-state index >= 15 is 0 Å². The predicted octanol–water partition coefficient (Wildman–Crippen LogP) is 3.00. The molecular weight excluding hydrogens is 893 g/mol. The lowest BCUT2D eigenvalue weighted by molar-refractivity contribution is -0.133. The Morgan fingerprint density at radius 2 is 1.24 bits per heavy atom. The molecule has 396 valence electrons. The number of nitrogens with zero attached hydrogens (tertiary/aromatic N) is 3. The molecule has 70 heavy (non-hydrogen) atoms. The minimum absolute atomic E-state index is 0.00437. The molecule has 3 fully saturated rings. The molecule has 0 heterocycles. The zero-order chi connectivity index (χ0) is 51.6. The molecule has 18 N–H and O–H groups in total. The molecule has 0 aromatic rings. The van der Waals surface area contributed by atoms with Gasteiger partial charge >= 0.3 is 6.09 Å². The van der Waals surface area contributed by atoms with Crippen LogP contribution in [0.1, 0.15) is 157 Å². The van der Waals surface area contributed by atoms with Gasteiger partial charge in [-0.2, -0.15) is 0 Å². The normalized spacial score (nSPS) is 26.3. The number of allylic oxidation sites excluding steroid dienone is 1. The fourth-order valence-corrected chi connectivity index (χ4v) is 12.5. The monoisotopic (exact) mass is 983 g/mol. The first-order chi connectivity index (χ1) is 33.1. The molecule has 3 saturated carbocycles. The van der Waals surface area contributed by atoms with E-state index < -0.39 is 47.8 Å². The number of hydrogen-bond acceptors (Lipinski definition) is 9. The summed E-state index contributed by atoms with van der Waals surface area (Å²) in [5.41, 5.74) is 40.3. The van der Waals surface area contributed by atoms with Crippen molar-refractivity contribution in [2.75, 3.05) is 26.2 Å². The lowest BCUT2D eigenvalue weighted by Crippen LogP contribution is -2.56. The average Bonchev–Trinajstić information content (AvgIpc) is 3.65. The summed E-state index contributed by atoms with van der Waals surface area (Å²) in [6, 6.07) is -3.31. The van der Waals surface area contributed by atoms with Crippen molar-refractivity contribution in [2.45, 2.75) is 181 Å². The second-order valence-electron chi connectivity index (χ2n) is 21.6. The summed E-state index contributed by atoms with van der Waals surface area (Å²) in [4.78, 5) is 77.8. The van der Waals surface area contributed by atoms with Gasteiger partial charge < -0.3 is 66.1 Å². The Balaban J connectivity index is 1.28. The number of aliphatic imine (C=N–C) groups is 3. The average molecular weight is 983 g/mol. The number of hydrogen-bond donors (Lipinski definition) is 11. The smallest absolute Gasteiger partial charge is 0.407 e. The molecule has 5 amide bonds. The van der Waals surface area contributed by atoms with Crippen molar-refractivity contribution in [1.82, 2.24) is 21.3 Å². The van der Waals surface area contributed by atoms with E-state index in [1.54, 1.807) is 0 Å². The van der Waals surface area contributed by atoms with Gasteiger partial charge in [-0.3, -0.25) is 34.2 Å². The molecule has 11 atom stereocenters. The quantitative estimate of drug-likeness (QED) is 0.0233. The van der Waals surface area contributed by atoms with Gasteiger partial charge in [0.2, 0.25) is 23.6 Å². The van der Waals surface area contributed by atoms with E-state index in [0.717, 1.165) is 55.3 Å². The van der Waals surface area contributed by atoms with Crippen LogP contribution in [0.5, 0.6) is 0 Å². The number of primary amides is 1. The minimum Gasteiger partial charge on any atom is -0.446 e. The standard InChI is InChI=1S/C50H90N14O6/c1-30(2)11-6-12-31(3)35-19-20-36-34-18-17-32-29-33(21-23-49(32,4)37(34)22-24-50(35,36)5)70-48(69)61-28-10-16-41(65)62-39(14-8-26-59-46(54)55)43(67)64-40(15-9-27-60-47(56)57)44(68)63-38(42(51)66)13-7-25-58-45(52)53/h17,30-31,33-40H,6-16,18-29H2,1-5H3,(H2,51,66)(H,61,69)(H,62,65)(H,63,68)(H,64,67)(H4,52,53,58)(H4,54,55,59)(H4,56,57,60)/t31-,33+,34+,35-,36+,37+,38+,39+,40+,49+,50-/m1/s1. The van der Waals surface area contributed by atoms with Gasteiger partial charge in [-0.1, -0.05) is 65.5 Å². The predicted molar refractivity (Wildman–Crippen MR) is 275 cm³/mol. The number of carbonyl (C=O) groups is 5. The topological polar surface area (TPSA) is 362 Å². The first-order valence-electron chi connectivity index (χ1n) is 26.1. The summed E-state index contributed by atoms with van der Waals surface area (Å²) in [6.45, 7) is 13.1. The minimum atomic E-state index is -1.15. The zero-order valence-electron chi connectivity index (χ0n) is 42.9. The third kappa shape index (κ3) is 16.9. The number of rotatable bonds is 28. The van der Waals surface area contributed by atoms with Crippen LogP contribution in [0.2, 0.25) is 0 Å². The summed E-state index contributed by atoms with van der Waals surface area (Å²) in [5.74, 6) is 1.64. The zero-order valence-corrected chi connectivity index (χ0v) is 42.9. The van der Waals surface area contributed by atoms with E-state index in [9.17, 15) is 24.0 Å². The molecule has 0 aromatic carbocycles. The lowest BCUT2D eigenvalue weighted by atomic mass is 9.47. The molecule has 4 aliphatic carbocycles. The number of fused-ring (bicyclic) bond motifs is 5. The Morgan fingerprint density at radius 3 is 1.81 bits per heavy atom. The van der Waals surface area contributed by atoms with Crippen LogP contribution < -0.4 is 61.4 Å². The van der Waals surface area contributed by atoms with Gasteiger partial charge in [-0.25, -0.2) is 4.79 Å². The van der Waals surface area contributed by atoms with Gasteiger partial charge in [0.1, 0.15) is 24.2 Å². The molecule has 20 nitrogen and oxygen atoms in total. The van der Waals surface area contributed by atoms with Crippen molar-refractivity contribution < 1.29 is 28.7 Å². The fraction of sp³-hybridized carbons (Fsp3) is 0.800. The maximum atomic E-state index is 13.8. The van der Waals surface area contributed by atoms with E-state index in [0.29, 0.717) is 24.2 Å². The SMILES string of the molecule is CC(C)CCC[C@@H](C)[C@H]1CC[C@H]2[C@@H]3CC=C4C[C@@H](OC(=O)NCCCC(=O)N[C@@H](CCCN=C(N)N)C(=O)N[C@@H](CCCN=C(N)N)C(=O)N[C@@H](CCCN=C(N)N)C(N)=O)CC[C@]4(C)[C@H]3CC[C@]12C. The van der Waals surface area contributed by atoms with Gasteiger partial charge in [0, 0.05) is 39.0 Å². The number of guanidine groups is 3. The Bertz CT molecular complexity index is 1880. The molecule has 0 spiro atoms. The van der Waals surface area contributed by atoms with Crippen molar-refractivity contribution in [3.63, 3.8) is 0 Å². The molecule has 4 aliphatic rings. The number of amides is 5. The van der Waals surface area contributed by atoms with Gasteiger partial charge in [-0.05, 0) is 136 Å². The first kappa shape index (κ1) is 57.3.